The molecule has 3 atom stereocenters. The number of nitro benzene ring substituents is 1. The summed E-state index contributed by atoms with van der Waals surface area (Å²) in [7, 11) is 0. The zero-order valence-electron chi connectivity index (χ0n) is 18.4. The number of hydrogen-bond donors (Lipinski definition) is 1. The third-order valence-corrected chi connectivity index (χ3v) is 6.23. The number of aromatic carboxylic acids is 1. The summed E-state index contributed by atoms with van der Waals surface area (Å²) in [4.78, 5) is 56.4. The second kappa shape index (κ2) is 8.33. The molecule has 0 unspecified atom stereocenters. The Kier molecular flexibility index (Phi) is 5.29. The number of nitro groups is 1. The van der Waals surface area contributed by atoms with Crippen LogP contribution in [0.1, 0.15) is 27.5 Å². The Morgan fingerprint density at radius 3 is 2.20 bits per heavy atom. The molecule has 3 aromatic rings. The van der Waals surface area contributed by atoms with Crippen LogP contribution in [0.5, 0.6) is 0 Å². The number of carboxylic acids is 1. The Morgan fingerprint density at radius 1 is 0.943 bits per heavy atom. The van der Waals surface area contributed by atoms with Gasteiger partial charge in [0.25, 0.3) is 11.6 Å². The van der Waals surface area contributed by atoms with Gasteiger partial charge < -0.3 is 5.11 Å². The molecule has 3 aromatic carbocycles. The van der Waals surface area contributed by atoms with Gasteiger partial charge in [0.05, 0.1) is 27.4 Å². The maximum Gasteiger partial charge on any atom is 0.335 e. The number of fused-ring (bicyclic) bond motifs is 1. The Balaban J connectivity index is 1.60. The van der Waals surface area contributed by atoms with Crippen LogP contribution < -0.4 is 9.96 Å². The number of hydroxylamine groups is 1. The summed E-state index contributed by atoms with van der Waals surface area (Å²) in [5.74, 6) is -3.40. The van der Waals surface area contributed by atoms with Crippen molar-refractivity contribution in [1.29, 1.82) is 0 Å². The second-order valence-corrected chi connectivity index (χ2v) is 8.34. The average Bonchev–Trinajstić information content (AvgIpc) is 3.35. The minimum atomic E-state index is -1.20. The molecule has 176 valence electrons. The summed E-state index contributed by atoms with van der Waals surface area (Å²) < 4.78 is 0. The van der Waals surface area contributed by atoms with Crippen LogP contribution in [-0.2, 0) is 14.4 Å². The second-order valence-electron chi connectivity index (χ2n) is 8.34. The van der Waals surface area contributed by atoms with Gasteiger partial charge in [0.2, 0.25) is 5.91 Å². The highest BCUT2D eigenvalue weighted by Crippen LogP contribution is 2.49. The Morgan fingerprint density at radius 2 is 1.57 bits per heavy atom. The molecule has 0 spiro atoms. The van der Waals surface area contributed by atoms with Crippen molar-refractivity contribution in [3.63, 3.8) is 0 Å². The van der Waals surface area contributed by atoms with E-state index in [1.54, 1.807) is 24.3 Å². The van der Waals surface area contributed by atoms with Crippen LogP contribution in [0.2, 0.25) is 0 Å². The maximum atomic E-state index is 13.6. The van der Waals surface area contributed by atoms with Crippen LogP contribution in [0.4, 0.5) is 17.1 Å². The molecule has 5 rings (SSSR count). The number of hydrogen-bond acceptors (Lipinski definition) is 7. The molecule has 2 heterocycles. The van der Waals surface area contributed by atoms with E-state index in [0.717, 1.165) is 10.5 Å². The number of benzene rings is 3. The van der Waals surface area contributed by atoms with E-state index in [4.69, 9.17) is 9.94 Å². The number of rotatable bonds is 5. The van der Waals surface area contributed by atoms with Crippen molar-refractivity contribution in [3.8, 4) is 0 Å². The molecule has 2 fully saturated rings. The van der Waals surface area contributed by atoms with Crippen molar-refractivity contribution in [2.45, 2.75) is 19.1 Å². The Labute approximate surface area is 199 Å². The Hall–Kier alpha value is -4.57. The molecule has 1 N–H and O–H groups in total. The number of nitrogens with zero attached hydrogens (tertiary/aromatic N) is 3. The third kappa shape index (κ3) is 3.60. The fraction of sp³-hybridized carbons (Fsp3) is 0.160. The van der Waals surface area contributed by atoms with Crippen molar-refractivity contribution in [2.24, 2.45) is 5.92 Å². The van der Waals surface area contributed by atoms with E-state index in [0.29, 0.717) is 5.69 Å². The molecule has 2 aliphatic rings. The lowest BCUT2D eigenvalue weighted by Gasteiger charge is -2.28. The number of amides is 2. The minimum Gasteiger partial charge on any atom is -0.478 e. The van der Waals surface area contributed by atoms with E-state index in [1.807, 2.05) is 19.1 Å². The van der Waals surface area contributed by atoms with Crippen molar-refractivity contribution >= 4 is 34.8 Å². The van der Waals surface area contributed by atoms with Gasteiger partial charge in [-0.3, -0.25) is 24.5 Å². The molecule has 2 amide bonds. The largest absolute Gasteiger partial charge is 0.478 e. The van der Waals surface area contributed by atoms with Crippen LogP contribution >= 0.6 is 0 Å². The molecule has 0 radical (unpaired) electrons. The molecular formula is C25H19N3O7. The molecule has 35 heavy (non-hydrogen) atoms. The van der Waals surface area contributed by atoms with Crippen LogP contribution in [0.25, 0.3) is 0 Å². The number of carboxylic acid groups (broad SMARTS) is 1. The molecule has 2 aliphatic heterocycles. The minimum absolute atomic E-state index is 0.00706. The third-order valence-electron chi connectivity index (χ3n) is 6.23. The maximum absolute atomic E-state index is 13.6. The molecule has 0 saturated carbocycles. The normalized spacial score (nSPS) is 21.3. The van der Waals surface area contributed by atoms with Crippen LogP contribution in [0, 0.1) is 23.0 Å². The highest BCUT2D eigenvalue weighted by Gasteiger charge is 2.61. The summed E-state index contributed by atoms with van der Waals surface area (Å²) in [5, 5.41) is 22.3. The number of aryl methyl sites for hydroxylation is 1. The monoisotopic (exact) mass is 473 g/mol. The summed E-state index contributed by atoms with van der Waals surface area (Å²) in [6.45, 7) is 1.91. The van der Waals surface area contributed by atoms with Gasteiger partial charge in [-0.15, -0.1) is 0 Å². The van der Waals surface area contributed by atoms with Crippen molar-refractivity contribution < 1.29 is 29.3 Å². The summed E-state index contributed by atoms with van der Waals surface area (Å²) in [5.41, 5.74) is 1.79. The standard InChI is InChI=1S/C25H19N3O7/c1-14-6-10-17(11-7-14)27-21(18-4-2-3-5-19(18)28(33)34)20-22(35-27)24(30)26(23(20)29)16-12-8-15(9-13-16)25(31)32/h2-13,20-22H,1H3,(H,31,32)/t20-,21-,22+/m0/s1. The van der Waals surface area contributed by atoms with Gasteiger partial charge in [-0.2, -0.15) is 0 Å². The lowest BCUT2D eigenvalue weighted by Crippen LogP contribution is -2.37. The number of para-hydroxylation sites is 1. The highest BCUT2D eigenvalue weighted by molar-refractivity contribution is 6.24. The topological polar surface area (TPSA) is 130 Å². The predicted molar refractivity (Wildman–Crippen MR) is 124 cm³/mol. The quantitative estimate of drug-likeness (QED) is 0.338. The van der Waals surface area contributed by atoms with Crippen molar-refractivity contribution in [2.75, 3.05) is 9.96 Å². The van der Waals surface area contributed by atoms with Crippen LogP contribution in [-0.4, -0.2) is 33.9 Å². The van der Waals surface area contributed by atoms with Gasteiger partial charge >= 0.3 is 5.97 Å². The first-order chi connectivity index (χ1) is 16.8. The predicted octanol–water partition coefficient (Wildman–Crippen LogP) is 3.65. The van der Waals surface area contributed by atoms with E-state index in [9.17, 15) is 24.5 Å². The smallest absolute Gasteiger partial charge is 0.335 e. The van der Waals surface area contributed by atoms with E-state index >= 15 is 0 Å². The SMILES string of the molecule is Cc1ccc(N2O[C@H]3C(=O)N(c4ccc(C(=O)O)cc4)C(=O)[C@H]3[C@@H]2c2ccccc2[N+](=O)[O-])cc1. The van der Waals surface area contributed by atoms with E-state index in [2.05, 4.69) is 0 Å². The molecule has 0 aliphatic carbocycles. The van der Waals surface area contributed by atoms with Gasteiger partial charge in [0.15, 0.2) is 6.10 Å². The number of imide groups is 1. The number of carbonyl (C=O) groups is 3. The summed E-state index contributed by atoms with van der Waals surface area (Å²) >= 11 is 0. The molecule has 10 nitrogen and oxygen atoms in total. The zero-order chi connectivity index (χ0) is 24.9. The zero-order valence-corrected chi connectivity index (χ0v) is 18.4. The van der Waals surface area contributed by atoms with Gasteiger partial charge in [0.1, 0.15) is 12.0 Å². The first-order valence-electron chi connectivity index (χ1n) is 10.7. The molecule has 0 bridgehead atoms. The van der Waals surface area contributed by atoms with E-state index in [-0.39, 0.29) is 22.5 Å². The highest BCUT2D eigenvalue weighted by atomic mass is 16.7. The molecule has 0 aromatic heterocycles. The summed E-state index contributed by atoms with van der Waals surface area (Å²) in [6.07, 6.45) is -1.20. The van der Waals surface area contributed by atoms with Crippen molar-refractivity contribution in [3.05, 3.63) is 99.6 Å². The molecular weight excluding hydrogens is 454 g/mol. The van der Waals surface area contributed by atoms with Gasteiger partial charge in [0, 0.05) is 6.07 Å². The lowest BCUT2D eigenvalue weighted by molar-refractivity contribution is -0.385. The number of carbonyl (C=O) groups excluding carboxylic acids is 2. The first kappa shape index (κ1) is 22.2. The molecule has 10 heteroatoms. The fourth-order valence-electron chi connectivity index (χ4n) is 4.56. The first-order valence-corrected chi connectivity index (χ1v) is 10.7. The Bertz CT molecular complexity index is 1350. The van der Waals surface area contributed by atoms with Gasteiger partial charge in [-0.25, -0.2) is 14.8 Å². The van der Waals surface area contributed by atoms with E-state index < -0.39 is 40.8 Å². The average molecular weight is 473 g/mol. The summed E-state index contributed by atoms with van der Waals surface area (Å²) in [6, 6.07) is 17.7. The van der Waals surface area contributed by atoms with E-state index in [1.165, 1.54) is 41.5 Å². The number of anilines is 2. The van der Waals surface area contributed by atoms with Gasteiger partial charge in [-0.05, 0) is 49.4 Å². The van der Waals surface area contributed by atoms with Crippen LogP contribution in [0.15, 0.2) is 72.8 Å². The molecule has 2 saturated heterocycles. The lowest BCUT2D eigenvalue weighted by atomic mass is 9.89. The van der Waals surface area contributed by atoms with Crippen LogP contribution in [0.3, 0.4) is 0 Å². The van der Waals surface area contributed by atoms with Crippen molar-refractivity contribution in [1.82, 2.24) is 0 Å². The van der Waals surface area contributed by atoms with Gasteiger partial charge in [-0.1, -0.05) is 29.8 Å². The fourth-order valence-corrected chi connectivity index (χ4v) is 4.56.